The van der Waals surface area contributed by atoms with Gasteiger partial charge in [0.1, 0.15) is 18.3 Å². The number of hydrogen-bond donors (Lipinski definition) is 3. The van der Waals surface area contributed by atoms with Crippen LogP contribution >= 0.6 is 11.6 Å². The maximum Gasteiger partial charge on any atom is 0.345 e. The largest absolute Gasteiger partial charge is 0.388 e. The molecule has 2 rings (SSSR count). The Morgan fingerprint density at radius 3 is 2.52 bits per heavy atom. The van der Waals surface area contributed by atoms with Crippen LogP contribution in [-0.2, 0) is 11.3 Å². The summed E-state index contributed by atoms with van der Waals surface area (Å²) in [6.45, 7) is -0.396. The summed E-state index contributed by atoms with van der Waals surface area (Å²) in [5.74, 6) is -0.00786. The fourth-order valence-electron chi connectivity index (χ4n) is 2.51. The molecule has 1 heterocycles. The lowest BCUT2D eigenvalue weighted by atomic mass is 10.0. The van der Waals surface area contributed by atoms with Gasteiger partial charge in [-0.25, -0.2) is 4.79 Å². The zero-order valence-corrected chi connectivity index (χ0v) is 14.1. The Morgan fingerprint density at radius 2 is 1.92 bits per heavy atom. The molecule has 1 fully saturated rings. The number of rotatable bonds is 6. The van der Waals surface area contributed by atoms with Crippen LogP contribution in [0, 0.1) is 4.91 Å². The highest BCUT2D eigenvalue weighted by atomic mass is 35.5. The van der Waals surface area contributed by atoms with Crippen molar-refractivity contribution >= 4 is 17.6 Å². The zero-order chi connectivity index (χ0) is 18.4. The highest BCUT2D eigenvalue weighted by Crippen LogP contribution is 2.22. The minimum Gasteiger partial charge on any atom is -0.388 e. The van der Waals surface area contributed by atoms with E-state index in [0.29, 0.717) is 10.6 Å². The number of ether oxygens (including phenoxy) is 1. The Hall–Kier alpha value is -1.78. The molecule has 9 nitrogen and oxygen atoms in total. The van der Waals surface area contributed by atoms with E-state index in [-0.39, 0.29) is 25.6 Å². The third-order valence-corrected chi connectivity index (χ3v) is 4.01. The summed E-state index contributed by atoms with van der Waals surface area (Å²) >= 11 is 5.58. The average molecular weight is 374 g/mol. The number of urea groups is 1. The van der Waals surface area contributed by atoms with Crippen molar-refractivity contribution in [1.82, 2.24) is 9.91 Å². The van der Waals surface area contributed by atoms with Crippen LogP contribution in [0.2, 0.25) is 0 Å². The monoisotopic (exact) mass is 373 g/mol. The Bertz CT molecular complexity index is 578. The molecule has 25 heavy (non-hydrogen) atoms. The van der Waals surface area contributed by atoms with E-state index in [4.69, 9.17) is 16.3 Å². The number of alkyl halides is 1. The fourth-order valence-corrected chi connectivity index (χ4v) is 2.67. The minimum absolute atomic E-state index is 0.00147. The van der Waals surface area contributed by atoms with Gasteiger partial charge < -0.3 is 20.1 Å². The molecule has 3 N–H and O–H groups in total. The van der Waals surface area contributed by atoms with E-state index in [1.54, 1.807) is 30.3 Å². The quantitative estimate of drug-likeness (QED) is 0.373. The first-order valence-electron chi connectivity index (χ1n) is 7.66. The number of hydrogen-bond acceptors (Lipinski definition) is 7. The number of benzene rings is 1. The van der Waals surface area contributed by atoms with Crippen molar-refractivity contribution in [3.8, 4) is 0 Å². The lowest BCUT2D eigenvalue weighted by Crippen LogP contribution is -2.61. The molecule has 1 saturated heterocycles. The molecule has 1 aliphatic heterocycles. The normalized spacial score (nSPS) is 26.1. The number of nitroso groups, excluding NO2 is 1. The number of carbonyl (C=O) groups excluding carboxylic acids is 1. The molecule has 4 atom stereocenters. The number of halogens is 1. The third kappa shape index (κ3) is 4.65. The minimum atomic E-state index is -1.55. The standard InChI is InChI=1S/C15H20ClN3O6/c16-6-7-19(17-24)15(23)18(8-10-4-2-1-3-5-10)14-13(22)12(21)11(20)9-25-14/h1-5,11-14,20-22H,6-9H2/t11-,12-,13+,14?/m0/s1. The van der Waals surface area contributed by atoms with Gasteiger partial charge in [0.25, 0.3) is 0 Å². The molecule has 138 valence electrons. The van der Waals surface area contributed by atoms with Crippen molar-refractivity contribution in [3.05, 3.63) is 40.8 Å². The van der Waals surface area contributed by atoms with E-state index in [1.165, 1.54) is 0 Å². The van der Waals surface area contributed by atoms with Crippen LogP contribution in [0.15, 0.2) is 35.6 Å². The maximum atomic E-state index is 12.7. The fraction of sp³-hybridized carbons (Fsp3) is 0.533. The van der Waals surface area contributed by atoms with E-state index in [1.807, 2.05) is 0 Å². The van der Waals surface area contributed by atoms with Crippen LogP contribution in [0.5, 0.6) is 0 Å². The predicted octanol–water partition coefficient (Wildman–Crippen LogP) is 0.270. The zero-order valence-electron chi connectivity index (χ0n) is 13.3. The van der Waals surface area contributed by atoms with Gasteiger partial charge in [0.2, 0.25) is 0 Å². The average Bonchev–Trinajstić information content (AvgIpc) is 2.63. The second-order valence-corrected chi connectivity index (χ2v) is 5.94. The van der Waals surface area contributed by atoms with Crippen molar-refractivity contribution in [1.29, 1.82) is 0 Å². The van der Waals surface area contributed by atoms with Crippen molar-refractivity contribution < 1.29 is 24.9 Å². The topological polar surface area (TPSA) is 123 Å². The van der Waals surface area contributed by atoms with Crippen LogP contribution in [0.1, 0.15) is 5.56 Å². The van der Waals surface area contributed by atoms with Crippen LogP contribution in [0.3, 0.4) is 0 Å². The second kappa shape index (κ2) is 9.07. The van der Waals surface area contributed by atoms with E-state index in [9.17, 15) is 25.0 Å². The first-order valence-corrected chi connectivity index (χ1v) is 8.20. The van der Waals surface area contributed by atoms with E-state index in [0.717, 1.165) is 4.90 Å². The third-order valence-electron chi connectivity index (χ3n) is 3.84. The smallest absolute Gasteiger partial charge is 0.345 e. The number of carbonyl (C=O) groups is 1. The number of aliphatic hydroxyl groups excluding tert-OH is 3. The molecule has 0 saturated carbocycles. The Kier molecular flexibility index (Phi) is 7.09. The van der Waals surface area contributed by atoms with Gasteiger partial charge in [-0.1, -0.05) is 30.3 Å². The van der Waals surface area contributed by atoms with Crippen LogP contribution in [0.4, 0.5) is 4.79 Å². The van der Waals surface area contributed by atoms with Gasteiger partial charge in [0, 0.05) is 5.88 Å². The first kappa shape index (κ1) is 19.5. The highest BCUT2D eigenvalue weighted by molar-refractivity contribution is 6.18. The van der Waals surface area contributed by atoms with Gasteiger partial charge in [0.05, 0.1) is 25.0 Å². The molecule has 0 radical (unpaired) electrons. The molecule has 1 aliphatic rings. The van der Waals surface area contributed by atoms with E-state index >= 15 is 0 Å². The summed E-state index contributed by atoms with van der Waals surface area (Å²) in [7, 11) is 0. The lowest BCUT2D eigenvalue weighted by Gasteiger charge is -2.41. The summed E-state index contributed by atoms with van der Waals surface area (Å²) in [6, 6.07) is 8.01. The number of aliphatic hydroxyl groups is 3. The molecule has 1 aromatic carbocycles. The van der Waals surface area contributed by atoms with Gasteiger partial charge in [-0.3, -0.25) is 4.90 Å². The van der Waals surface area contributed by atoms with E-state index in [2.05, 4.69) is 5.29 Å². The van der Waals surface area contributed by atoms with Gasteiger partial charge in [-0.05, 0) is 5.56 Å². The van der Waals surface area contributed by atoms with Gasteiger partial charge in [-0.15, -0.1) is 16.5 Å². The molecular formula is C15H20ClN3O6. The Labute approximate surface area is 149 Å². The molecule has 0 spiro atoms. The first-order chi connectivity index (χ1) is 12.0. The highest BCUT2D eigenvalue weighted by Gasteiger charge is 2.43. The van der Waals surface area contributed by atoms with Crippen LogP contribution in [0.25, 0.3) is 0 Å². The van der Waals surface area contributed by atoms with Crippen LogP contribution in [-0.4, -0.2) is 74.8 Å². The van der Waals surface area contributed by atoms with Gasteiger partial charge in [-0.2, -0.15) is 5.01 Å². The summed E-state index contributed by atoms with van der Waals surface area (Å²) in [6.07, 6.45) is -5.58. The molecule has 2 amide bonds. The Balaban J connectivity index is 2.28. The number of nitrogens with zero attached hydrogens (tertiary/aromatic N) is 3. The summed E-state index contributed by atoms with van der Waals surface area (Å²) < 4.78 is 5.34. The Morgan fingerprint density at radius 1 is 1.24 bits per heavy atom. The molecule has 0 bridgehead atoms. The lowest BCUT2D eigenvalue weighted by molar-refractivity contribution is -0.221. The summed E-state index contributed by atoms with van der Waals surface area (Å²) in [4.78, 5) is 24.7. The van der Waals surface area contributed by atoms with Crippen molar-refractivity contribution in [2.45, 2.75) is 31.1 Å². The maximum absolute atomic E-state index is 12.7. The van der Waals surface area contributed by atoms with Crippen molar-refractivity contribution in [2.75, 3.05) is 19.0 Å². The molecule has 10 heteroatoms. The molecule has 0 aromatic heterocycles. The molecule has 1 unspecified atom stereocenters. The van der Waals surface area contributed by atoms with Crippen molar-refractivity contribution in [3.63, 3.8) is 0 Å². The summed E-state index contributed by atoms with van der Waals surface area (Å²) in [5.41, 5.74) is 0.712. The van der Waals surface area contributed by atoms with Crippen molar-refractivity contribution in [2.24, 2.45) is 5.29 Å². The molecule has 1 aromatic rings. The van der Waals surface area contributed by atoms with Gasteiger partial charge >= 0.3 is 6.03 Å². The number of amides is 2. The predicted molar refractivity (Wildman–Crippen MR) is 88.4 cm³/mol. The second-order valence-electron chi connectivity index (χ2n) is 5.56. The SMILES string of the molecule is O=NN(CCCl)C(=O)N(Cc1ccccc1)C1OC[C@H](O)[C@H](O)[C@H]1O. The van der Waals surface area contributed by atoms with Gasteiger partial charge in [0.15, 0.2) is 6.23 Å². The van der Waals surface area contributed by atoms with E-state index < -0.39 is 30.6 Å². The molecule has 0 aliphatic carbocycles. The summed E-state index contributed by atoms with van der Waals surface area (Å²) in [5, 5.41) is 32.9. The molecular weight excluding hydrogens is 354 g/mol. The van der Waals surface area contributed by atoms with Crippen LogP contribution < -0.4 is 0 Å².